The first-order valence-electron chi connectivity index (χ1n) is 6.32. The van der Waals surface area contributed by atoms with Crippen LogP contribution in [0.2, 0.25) is 0 Å². The quantitative estimate of drug-likeness (QED) is 0.841. The maximum Gasteiger partial charge on any atom is 0.0950 e. The second-order valence-electron chi connectivity index (χ2n) is 5.51. The predicted molar refractivity (Wildman–Crippen MR) is 74.6 cm³/mol. The van der Waals surface area contributed by atoms with Gasteiger partial charge in [-0.2, -0.15) is 0 Å². The summed E-state index contributed by atoms with van der Waals surface area (Å²) in [6, 6.07) is 8.43. The van der Waals surface area contributed by atoms with Crippen molar-refractivity contribution < 1.29 is 9.84 Å². The molecule has 3 nitrogen and oxygen atoms in total. The van der Waals surface area contributed by atoms with E-state index in [2.05, 4.69) is 36.1 Å². The predicted octanol–water partition coefficient (Wildman–Crippen LogP) is 2.21. The van der Waals surface area contributed by atoms with Crippen molar-refractivity contribution in [3.05, 3.63) is 35.4 Å². The number of ether oxygens (including phenoxy) is 1. The highest BCUT2D eigenvalue weighted by atomic mass is 16.5. The highest BCUT2D eigenvalue weighted by molar-refractivity contribution is 5.22. The van der Waals surface area contributed by atoms with Gasteiger partial charge < -0.3 is 9.84 Å². The van der Waals surface area contributed by atoms with E-state index < -0.39 is 11.7 Å². The van der Waals surface area contributed by atoms with E-state index in [-0.39, 0.29) is 0 Å². The zero-order valence-corrected chi connectivity index (χ0v) is 12.1. The lowest BCUT2D eigenvalue weighted by Gasteiger charge is -2.32. The van der Waals surface area contributed by atoms with E-state index in [4.69, 9.17) is 4.74 Å². The molecular weight excluding hydrogens is 226 g/mol. The third-order valence-electron chi connectivity index (χ3n) is 3.35. The lowest BCUT2D eigenvalue weighted by Crippen LogP contribution is -2.45. The molecule has 1 unspecified atom stereocenters. The van der Waals surface area contributed by atoms with Crippen molar-refractivity contribution in [2.45, 2.75) is 39.0 Å². The van der Waals surface area contributed by atoms with E-state index >= 15 is 0 Å². The Hall–Kier alpha value is -0.900. The Labute approximate surface area is 110 Å². The van der Waals surface area contributed by atoms with Crippen molar-refractivity contribution in [1.29, 1.82) is 0 Å². The number of benzene rings is 1. The summed E-state index contributed by atoms with van der Waals surface area (Å²) < 4.78 is 5.29. The number of hydrogen-bond acceptors (Lipinski definition) is 3. The second kappa shape index (κ2) is 6.32. The fourth-order valence-electron chi connectivity index (χ4n) is 1.84. The second-order valence-corrected chi connectivity index (χ2v) is 5.51. The summed E-state index contributed by atoms with van der Waals surface area (Å²) >= 11 is 0. The van der Waals surface area contributed by atoms with Gasteiger partial charge in [0.25, 0.3) is 0 Å². The molecule has 0 aromatic heterocycles. The first-order valence-corrected chi connectivity index (χ1v) is 6.32. The Morgan fingerprint density at radius 2 is 2.06 bits per heavy atom. The molecule has 0 saturated heterocycles. The zero-order chi connectivity index (χ0) is 13.8. The standard InChI is InChI=1S/C15H25NO2/c1-12-7-6-8-13(9-12)10-16(4)11-14(17)15(2,3)18-5/h6-9,14,17H,10-11H2,1-5H3. The van der Waals surface area contributed by atoms with Crippen LogP contribution < -0.4 is 0 Å². The minimum Gasteiger partial charge on any atom is -0.389 e. The van der Waals surface area contributed by atoms with Crippen LogP contribution in [0, 0.1) is 6.92 Å². The molecule has 0 spiro atoms. The van der Waals surface area contributed by atoms with Gasteiger partial charge in [0.05, 0.1) is 11.7 Å². The first-order chi connectivity index (χ1) is 8.35. The van der Waals surface area contributed by atoms with Crippen molar-refractivity contribution >= 4 is 0 Å². The molecule has 102 valence electrons. The van der Waals surface area contributed by atoms with Gasteiger partial charge in [-0.25, -0.2) is 0 Å². The molecule has 0 fully saturated rings. The third kappa shape index (κ3) is 4.41. The lowest BCUT2D eigenvalue weighted by molar-refractivity contribution is -0.0863. The van der Waals surface area contributed by atoms with E-state index in [1.54, 1.807) is 7.11 Å². The average Bonchev–Trinajstić information content (AvgIpc) is 2.28. The van der Waals surface area contributed by atoms with E-state index in [1.165, 1.54) is 11.1 Å². The van der Waals surface area contributed by atoms with Gasteiger partial charge in [-0.1, -0.05) is 29.8 Å². The van der Waals surface area contributed by atoms with Crippen LogP contribution in [0.3, 0.4) is 0 Å². The van der Waals surface area contributed by atoms with E-state index in [9.17, 15) is 5.11 Å². The molecule has 1 atom stereocenters. The molecule has 1 rings (SSSR count). The summed E-state index contributed by atoms with van der Waals surface area (Å²) in [6.07, 6.45) is -0.502. The van der Waals surface area contributed by atoms with Gasteiger partial charge in [0.1, 0.15) is 0 Å². The number of aliphatic hydroxyl groups is 1. The van der Waals surface area contributed by atoms with Gasteiger partial charge in [0.15, 0.2) is 0 Å². The SMILES string of the molecule is COC(C)(C)C(O)CN(C)Cc1cccc(C)c1. The van der Waals surface area contributed by atoms with Crippen LogP contribution in [-0.2, 0) is 11.3 Å². The van der Waals surface area contributed by atoms with E-state index in [1.807, 2.05) is 20.9 Å². The number of hydrogen-bond donors (Lipinski definition) is 1. The van der Waals surface area contributed by atoms with Crippen molar-refractivity contribution in [2.24, 2.45) is 0 Å². The summed E-state index contributed by atoms with van der Waals surface area (Å²) in [5, 5.41) is 10.1. The van der Waals surface area contributed by atoms with E-state index in [0.717, 1.165) is 6.54 Å². The first kappa shape index (κ1) is 15.2. The molecule has 3 heteroatoms. The highest BCUT2D eigenvalue weighted by Crippen LogP contribution is 2.15. The third-order valence-corrected chi connectivity index (χ3v) is 3.35. The Kier molecular flexibility index (Phi) is 5.32. The molecule has 0 aliphatic rings. The van der Waals surface area contributed by atoms with Crippen LogP contribution in [0.5, 0.6) is 0 Å². The fourth-order valence-corrected chi connectivity index (χ4v) is 1.84. The van der Waals surface area contributed by atoms with Gasteiger partial charge in [-0.15, -0.1) is 0 Å². The molecule has 1 N–H and O–H groups in total. The molecule has 18 heavy (non-hydrogen) atoms. The summed E-state index contributed by atoms with van der Waals surface area (Å²) in [6.45, 7) is 7.32. The Balaban J connectivity index is 2.54. The van der Waals surface area contributed by atoms with Crippen LogP contribution in [0.15, 0.2) is 24.3 Å². The van der Waals surface area contributed by atoms with Gasteiger partial charge in [-0.3, -0.25) is 4.90 Å². The normalized spacial score (nSPS) is 13.9. The van der Waals surface area contributed by atoms with Crippen LogP contribution in [0.25, 0.3) is 0 Å². The molecule has 1 aromatic rings. The zero-order valence-electron chi connectivity index (χ0n) is 12.1. The number of aryl methyl sites for hydroxylation is 1. The average molecular weight is 251 g/mol. The number of nitrogens with zero attached hydrogens (tertiary/aromatic N) is 1. The van der Waals surface area contributed by atoms with Gasteiger partial charge in [-0.05, 0) is 33.4 Å². The molecule has 0 radical (unpaired) electrons. The van der Waals surface area contributed by atoms with Gasteiger partial charge in [0.2, 0.25) is 0 Å². The van der Waals surface area contributed by atoms with Crippen molar-refractivity contribution in [2.75, 3.05) is 20.7 Å². The molecule has 1 aromatic carbocycles. The van der Waals surface area contributed by atoms with Crippen molar-refractivity contribution in [1.82, 2.24) is 4.90 Å². The number of likely N-dealkylation sites (N-methyl/N-ethyl adjacent to an activating group) is 1. The highest BCUT2D eigenvalue weighted by Gasteiger charge is 2.28. The molecule has 0 aliphatic carbocycles. The number of aliphatic hydroxyl groups excluding tert-OH is 1. The van der Waals surface area contributed by atoms with E-state index in [0.29, 0.717) is 6.54 Å². The Morgan fingerprint density at radius 3 is 2.61 bits per heavy atom. The monoisotopic (exact) mass is 251 g/mol. The molecular formula is C15H25NO2. The molecule has 0 saturated carbocycles. The van der Waals surface area contributed by atoms with Crippen molar-refractivity contribution in [3.63, 3.8) is 0 Å². The lowest BCUT2D eigenvalue weighted by atomic mass is 10.0. The molecule has 0 aliphatic heterocycles. The van der Waals surface area contributed by atoms with Crippen LogP contribution in [-0.4, -0.2) is 42.4 Å². The summed E-state index contributed by atoms with van der Waals surface area (Å²) in [4.78, 5) is 2.11. The van der Waals surface area contributed by atoms with Crippen LogP contribution >= 0.6 is 0 Å². The largest absolute Gasteiger partial charge is 0.389 e. The van der Waals surface area contributed by atoms with Gasteiger partial charge >= 0.3 is 0 Å². The fraction of sp³-hybridized carbons (Fsp3) is 0.600. The summed E-state index contributed by atoms with van der Waals surface area (Å²) in [5.41, 5.74) is 2.01. The molecule has 0 bridgehead atoms. The Bertz CT molecular complexity index is 377. The number of methoxy groups -OCH3 is 1. The molecule has 0 amide bonds. The smallest absolute Gasteiger partial charge is 0.0950 e. The maximum atomic E-state index is 10.1. The van der Waals surface area contributed by atoms with Crippen molar-refractivity contribution in [3.8, 4) is 0 Å². The minimum atomic E-state index is -0.513. The van der Waals surface area contributed by atoms with Crippen LogP contribution in [0.1, 0.15) is 25.0 Å². The topological polar surface area (TPSA) is 32.7 Å². The molecule has 0 heterocycles. The number of rotatable bonds is 6. The summed E-state index contributed by atoms with van der Waals surface area (Å²) in [7, 11) is 3.64. The maximum absolute atomic E-state index is 10.1. The van der Waals surface area contributed by atoms with Crippen LogP contribution in [0.4, 0.5) is 0 Å². The minimum absolute atomic E-state index is 0.502. The summed E-state index contributed by atoms with van der Waals surface area (Å²) in [5.74, 6) is 0. The van der Waals surface area contributed by atoms with Gasteiger partial charge in [0, 0.05) is 20.2 Å². The Morgan fingerprint density at radius 1 is 1.39 bits per heavy atom.